The van der Waals surface area contributed by atoms with Gasteiger partial charge in [0.25, 0.3) is 0 Å². The maximum Gasteiger partial charge on any atom is 0.0666 e. The maximum absolute atomic E-state index is 4.36. The minimum Gasteiger partial charge on any atom is -0.380 e. The van der Waals surface area contributed by atoms with Crippen molar-refractivity contribution in [2.45, 2.75) is 33.2 Å². The van der Waals surface area contributed by atoms with Gasteiger partial charge in [0.05, 0.1) is 11.2 Å². The van der Waals surface area contributed by atoms with Crippen LogP contribution in [0.25, 0.3) is 0 Å². The maximum atomic E-state index is 4.36. The van der Waals surface area contributed by atoms with E-state index < -0.39 is 0 Å². The fraction of sp³-hybridized carbons (Fsp3) is 0.667. The Morgan fingerprint density at radius 3 is 2.45 bits per heavy atom. The molecule has 2 nitrogen and oxygen atoms in total. The summed E-state index contributed by atoms with van der Waals surface area (Å²) in [6.45, 7) is 8.49. The molecule has 0 aromatic rings. The molecule has 62 valence electrons. The van der Waals surface area contributed by atoms with E-state index in [1.54, 1.807) is 0 Å². The molecule has 0 fully saturated rings. The molecule has 0 aromatic heterocycles. The van der Waals surface area contributed by atoms with Crippen molar-refractivity contribution in [1.29, 1.82) is 0 Å². The number of rotatable bonds is 1. The lowest BCUT2D eigenvalue weighted by Gasteiger charge is -2.25. The summed E-state index contributed by atoms with van der Waals surface area (Å²) >= 11 is 0. The lowest BCUT2D eigenvalue weighted by molar-refractivity contribution is 0.575. The van der Waals surface area contributed by atoms with E-state index in [2.05, 4.69) is 38.0 Å². The van der Waals surface area contributed by atoms with Crippen LogP contribution < -0.4 is 5.32 Å². The summed E-state index contributed by atoms with van der Waals surface area (Å²) in [4.78, 5) is 4.36. The molecule has 0 amide bonds. The van der Waals surface area contributed by atoms with Crippen LogP contribution in [-0.2, 0) is 0 Å². The van der Waals surface area contributed by atoms with Gasteiger partial charge in [-0.3, -0.25) is 4.99 Å². The number of allylic oxidation sites excluding steroid dienone is 1. The van der Waals surface area contributed by atoms with Gasteiger partial charge in [0.15, 0.2) is 0 Å². The Labute approximate surface area is 68.4 Å². The average Bonchev–Trinajstić information content (AvgIpc) is 1.86. The fourth-order valence-electron chi connectivity index (χ4n) is 0.886. The summed E-state index contributed by atoms with van der Waals surface area (Å²) in [5.41, 5.74) is 1.16. The quantitative estimate of drug-likeness (QED) is 0.610. The Kier molecular flexibility index (Phi) is 2.03. The summed E-state index contributed by atoms with van der Waals surface area (Å²) in [5.74, 6) is 0.509. The highest BCUT2D eigenvalue weighted by Gasteiger charge is 2.16. The molecule has 1 aliphatic heterocycles. The number of nitrogens with zero attached hydrogens (tertiary/aromatic N) is 1. The van der Waals surface area contributed by atoms with Crippen LogP contribution >= 0.6 is 0 Å². The first-order valence-electron chi connectivity index (χ1n) is 4.04. The molecule has 0 radical (unpaired) electrons. The van der Waals surface area contributed by atoms with E-state index in [0.717, 1.165) is 5.70 Å². The number of hydrogen-bond donors (Lipinski definition) is 1. The van der Waals surface area contributed by atoms with Crippen LogP contribution in [0.1, 0.15) is 27.7 Å². The molecule has 0 aromatic carbocycles. The Balaban J connectivity index is 2.68. The standard InChI is InChI=1S/C9H16N2/c1-7(2)8-5-11-9(3,4)6-10-8/h5-7,11H,1-4H3. The highest BCUT2D eigenvalue weighted by atomic mass is 15.0. The second-order valence-electron chi connectivity index (χ2n) is 3.85. The van der Waals surface area contributed by atoms with E-state index in [1.807, 2.05) is 12.4 Å². The van der Waals surface area contributed by atoms with Crippen LogP contribution in [0.15, 0.2) is 16.9 Å². The van der Waals surface area contributed by atoms with Crippen LogP contribution in [0.2, 0.25) is 0 Å². The van der Waals surface area contributed by atoms with E-state index in [-0.39, 0.29) is 5.54 Å². The van der Waals surface area contributed by atoms with Crippen LogP contribution in [0.5, 0.6) is 0 Å². The Bertz CT molecular complexity index is 200. The summed E-state index contributed by atoms with van der Waals surface area (Å²) in [6.07, 6.45) is 3.97. The Hall–Kier alpha value is -0.790. The first-order valence-corrected chi connectivity index (χ1v) is 4.04. The van der Waals surface area contributed by atoms with Gasteiger partial charge in [-0.25, -0.2) is 0 Å². The van der Waals surface area contributed by atoms with Crippen molar-refractivity contribution >= 4 is 6.21 Å². The molecule has 0 atom stereocenters. The fourth-order valence-corrected chi connectivity index (χ4v) is 0.886. The third-order valence-electron chi connectivity index (χ3n) is 1.72. The zero-order valence-electron chi connectivity index (χ0n) is 7.68. The molecule has 0 saturated heterocycles. The van der Waals surface area contributed by atoms with Crippen molar-refractivity contribution in [2.75, 3.05) is 0 Å². The van der Waals surface area contributed by atoms with E-state index >= 15 is 0 Å². The number of aliphatic imine (C=N–C) groups is 1. The van der Waals surface area contributed by atoms with Crippen molar-refractivity contribution in [2.24, 2.45) is 10.9 Å². The van der Waals surface area contributed by atoms with E-state index in [4.69, 9.17) is 0 Å². The van der Waals surface area contributed by atoms with Crippen molar-refractivity contribution in [3.05, 3.63) is 11.9 Å². The number of nitrogens with one attached hydrogen (secondary N) is 1. The summed E-state index contributed by atoms with van der Waals surface area (Å²) < 4.78 is 0. The monoisotopic (exact) mass is 152 g/mol. The second kappa shape index (κ2) is 2.68. The number of hydrogen-bond acceptors (Lipinski definition) is 2. The molecule has 0 saturated carbocycles. The predicted molar refractivity (Wildman–Crippen MR) is 48.6 cm³/mol. The molecule has 0 unspecified atom stereocenters. The van der Waals surface area contributed by atoms with Gasteiger partial charge in [-0.05, 0) is 19.8 Å². The molecule has 0 bridgehead atoms. The zero-order chi connectivity index (χ0) is 8.48. The minimum absolute atomic E-state index is 0.0262. The normalized spacial score (nSPS) is 21.4. The highest BCUT2D eigenvalue weighted by Crippen LogP contribution is 2.15. The SMILES string of the molecule is CC(C)C1=CNC(C)(C)C=N1. The van der Waals surface area contributed by atoms with Crippen molar-refractivity contribution in [1.82, 2.24) is 5.32 Å². The third-order valence-corrected chi connectivity index (χ3v) is 1.72. The van der Waals surface area contributed by atoms with Crippen molar-refractivity contribution in [3.63, 3.8) is 0 Å². The highest BCUT2D eigenvalue weighted by molar-refractivity contribution is 5.71. The van der Waals surface area contributed by atoms with Gasteiger partial charge >= 0.3 is 0 Å². The van der Waals surface area contributed by atoms with Gasteiger partial charge in [-0.2, -0.15) is 0 Å². The predicted octanol–water partition coefficient (Wildman–Crippen LogP) is 1.94. The van der Waals surface area contributed by atoms with E-state index in [9.17, 15) is 0 Å². The molecular weight excluding hydrogens is 136 g/mol. The molecule has 1 rings (SSSR count). The third kappa shape index (κ3) is 2.07. The average molecular weight is 152 g/mol. The van der Waals surface area contributed by atoms with Gasteiger partial charge in [0.1, 0.15) is 0 Å². The second-order valence-corrected chi connectivity index (χ2v) is 3.85. The van der Waals surface area contributed by atoms with Gasteiger partial charge < -0.3 is 5.32 Å². The largest absolute Gasteiger partial charge is 0.380 e. The Morgan fingerprint density at radius 2 is 2.09 bits per heavy atom. The first-order chi connectivity index (χ1) is 5.01. The van der Waals surface area contributed by atoms with Crippen LogP contribution in [0.4, 0.5) is 0 Å². The molecule has 1 heterocycles. The summed E-state index contributed by atoms with van der Waals surface area (Å²) in [7, 11) is 0. The summed E-state index contributed by atoms with van der Waals surface area (Å²) in [6, 6.07) is 0. The smallest absolute Gasteiger partial charge is 0.0666 e. The van der Waals surface area contributed by atoms with Crippen molar-refractivity contribution < 1.29 is 0 Å². The Morgan fingerprint density at radius 1 is 1.45 bits per heavy atom. The molecular formula is C9H16N2. The topological polar surface area (TPSA) is 24.4 Å². The molecule has 0 aliphatic carbocycles. The van der Waals surface area contributed by atoms with Gasteiger partial charge in [-0.15, -0.1) is 0 Å². The molecule has 2 heteroatoms. The van der Waals surface area contributed by atoms with Crippen LogP contribution in [0, 0.1) is 5.92 Å². The van der Waals surface area contributed by atoms with Crippen LogP contribution in [0.3, 0.4) is 0 Å². The minimum atomic E-state index is 0.0262. The van der Waals surface area contributed by atoms with Gasteiger partial charge in [-0.1, -0.05) is 13.8 Å². The molecule has 1 aliphatic rings. The molecule has 1 N–H and O–H groups in total. The molecule has 11 heavy (non-hydrogen) atoms. The first kappa shape index (κ1) is 8.31. The van der Waals surface area contributed by atoms with Gasteiger partial charge in [0.2, 0.25) is 0 Å². The molecule has 0 spiro atoms. The van der Waals surface area contributed by atoms with Crippen LogP contribution in [-0.4, -0.2) is 11.8 Å². The van der Waals surface area contributed by atoms with Crippen molar-refractivity contribution in [3.8, 4) is 0 Å². The van der Waals surface area contributed by atoms with Gasteiger partial charge in [0, 0.05) is 12.4 Å². The van der Waals surface area contributed by atoms with E-state index in [1.165, 1.54) is 0 Å². The lowest BCUT2D eigenvalue weighted by atomic mass is 10.0. The van der Waals surface area contributed by atoms with E-state index in [0.29, 0.717) is 5.92 Å². The zero-order valence-corrected chi connectivity index (χ0v) is 7.68. The summed E-state index contributed by atoms with van der Waals surface area (Å²) in [5, 5.41) is 3.28. The lowest BCUT2D eigenvalue weighted by Crippen LogP contribution is -2.39.